The van der Waals surface area contributed by atoms with Crippen molar-refractivity contribution < 1.29 is 9.53 Å². The van der Waals surface area contributed by atoms with Crippen LogP contribution in [-0.4, -0.2) is 42.0 Å². The number of carbonyl (C=O) groups excluding carboxylic acids is 1. The highest BCUT2D eigenvalue weighted by Crippen LogP contribution is 2.36. The van der Waals surface area contributed by atoms with E-state index in [0.717, 1.165) is 48.1 Å². The van der Waals surface area contributed by atoms with E-state index in [9.17, 15) is 4.79 Å². The molecule has 1 aromatic heterocycles. The molecule has 4 rings (SSSR count). The lowest BCUT2D eigenvalue weighted by atomic mass is 10.1. The monoisotopic (exact) mass is 467 g/mol. The lowest BCUT2D eigenvalue weighted by Crippen LogP contribution is -2.46. The summed E-state index contributed by atoms with van der Waals surface area (Å²) >= 11 is 3.59. The fraction of sp³-hybridized carbons (Fsp3) is 0.333. The van der Waals surface area contributed by atoms with Crippen molar-refractivity contribution >= 4 is 38.5 Å². The van der Waals surface area contributed by atoms with Crippen molar-refractivity contribution in [2.45, 2.75) is 26.8 Å². The molecule has 0 N–H and O–H groups in total. The van der Waals surface area contributed by atoms with E-state index in [2.05, 4.69) is 74.0 Å². The van der Waals surface area contributed by atoms with Crippen LogP contribution in [0.4, 0.5) is 5.69 Å². The van der Waals surface area contributed by atoms with Gasteiger partial charge in [-0.2, -0.15) is 0 Å². The van der Waals surface area contributed by atoms with Crippen LogP contribution in [0.5, 0.6) is 5.75 Å². The van der Waals surface area contributed by atoms with Crippen molar-refractivity contribution in [1.82, 2.24) is 9.88 Å². The number of aryl methyl sites for hydroxylation is 1. The molecule has 3 aromatic rings. The minimum Gasteiger partial charge on any atom is -0.423 e. The molecule has 1 saturated heterocycles. The normalized spacial score (nSPS) is 14.8. The molecule has 0 aliphatic carbocycles. The van der Waals surface area contributed by atoms with Crippen LogP contribution in [0.2, 0.25) is 0 Å². The Bertz CT molecular complexity index is 1040. The van der Waals surface area contributed by atoms with E-state index >= 15 is 0 Å². The van der Waals surface area contributed by atoms with E-state index < -0.39 is 0 Å². The fourth-order valence-electron chi connectivity index (χ4n) is 3.83. The van der Waals surface area contributed by atoms with Crippen molar-refractivity contribution in [1.29, 1.82) is 0 Å². The van der Waals surface area contributed by atoms with E-state index in [1.54, 1.807) is 13.1 Å². The number of pyridine rings is 1. The predicted octanol–water partition coefficient (Wildman–Crippen LogP) is 4.94. The number of anilines is 1. The smallest absolute Gasteiger partial charge is 0.311 e. The number of nitrogens with zero attached hydrogens (tertiary/aromatic N) is 3. The molecule has 1 aliphatic heterocycles. The van der Waals surface area contributed by atoms with E-state index in [-0.39, 0.29) is 5.97 Å². The SMILES string of the molecule is CCC(=O)Oc1c(Br)cc(CN2CCN(c3ccc(C)cc3)CC2)c2cccnc12. The second-order valence-electron chi connectivity index (χ2n) is 7.67. The van der Waals surface area contributed by atoms with E-state index in [1.165, 1.54) is 16.8 Å². The van der Waals surface area contributed by atoms with Gasteiger partial charge in [-0.3, -0.25) is 14.7 Å². The summed E-state index contributed by atoms with van der Waals surface area (Å²) in [5, 5.41) is 1.03. The summed E-state index contributed by atoms with van der Waals surface area (Å²) < 4.78 is 6.32. The second-order valence-corrected chi connectivity index (χ2v) is 8.53. The Morgan fingerprint density at radius 2 is 1.87 bits per heavy atom. The number of benzene rings is 2. The van der Waals surface area contributed by atoms with Crippen molar-refractivity contribution in [3.05, 3.63) is 64.3 Å². The molecule has 2 heterocycles. The Kier molecular flexibility index (Phi) is 6.35. The lowest BCUT2D eigenvalue weighted by Gasteiger charge is -2.36. The van der Waals surface area contributed by atoms with Gasteiger partial charge in [0.1, 0.15) is 5.52 Å². The van der Waals surface area contributed by atoms with Crippen LogP contribution in [-0.2, 0) is 11.3 Å². The zero-order valence-corrected chi connectivity index (χ0v) is 19.0. The van der Waals surface area contributed by atoms with Crippen LogP contribution >= 0.6 is 15.9 Å². The van der Waals surface area contributed by atoms with Crippen molar-refractivity contribution in [2.75, 3.05) is 31.1 Å². The van der Waals surface area contributed by atoms with Gasteiger partial charge in [0, 0.05) is 56.4 Å². The second kappa shape index (κ2) is 9.14. The molecule has 1 fully saturated rings. The molecule has 1 aliphatic rings. The molecular formula is C24H26BrN3O2. The Labute approximate surface area is 185 Å². The molecule has 0 unspecified atom stereocenters. The number of carbonyl (C=O) groups is 1. The maximum absolute atomic E-state index is 11.9. The maximum atomic E-state index is 11.9. The van der Waals surface area contributed by atoms with Gasteiger partial charge in [-0.1, -0.05) is 30.7 Å². The molecule has 0 atom stereocenters. The third-order valence-corrected chi connectivity index (χ3v) is 6.15. The van der Waals surface area contributed by atoms with Gasteiger partial charge in [-0.25, -0.2) is 0 Å². The lowest BCUT2D eigenvalue weighted by molar-refractivity contribution is -0.133. The third kappa shape index (κ3) is 4.50. The van der Waals surface area contributed by atoms with Crippen molar-refractivity contribution in [3.63, 3.8) is 0 Å². The summed E-state index contributed by atoms with van der Waals surface area (Å²) in [6.07, 6.45) is 2.07. The number of hydrogen-bond donors (Lipinski definition) is 0. The molecule has 0 saturated carbocycles. The number of rotatable bonds is 5. The molecule has 30 heavy (non-hydrogen) atoms. The number of aromatic nitrogens is 1. The first kappa shape index (κ1) is 20.8. The highest BCUT2D eigenvalue weighted by atomic mass is 79.9. The average Bonchev–Trinajstić information content (AvgIpc) is 2.77. The number of esters is 1. The van der Waals surface area contributed by atoms with E-state index in [1.807, 2.05) is 6.07 Å². The summed E-state index contributed by atoms with van der Waals surface area (Å²) in [4.78, 5) is 21.3. The molecule has 6 heteroatoms. The number of piperazine rings is 1. The fourth-order valence-corrected chi connectivity index (χ4v) is 4.37. The number of ether oxygens (including phenoxy) is 1. The number of fused-ring (bicyclic) bond motifs is 1. The largest absolute Gasteiger partial charge is 0.423 e. The summed E-state index contributed by atoms with van der Waals surface area (Å²) in [7, 11) is 0. The topological polar surface area (TPSA) is 45.7 Å². The molecule has 2 aromatic carbocycles. The summed E-state index contributed by atoms with van der Waals surface area (Å²) in [5.74, 6) is 0.244. The summed E-state index contributed by atoms with van der Waals surface area (Å²) in [6.45, 7) is 8.76. The van der Waals surface area contributed by atoms with Crippen LogP contribution in [0.3, 0.4) is 0 Å². The standard InChI is InChI=1S/C24H26BrN3O2/c1-3-22(29)30-24-21(25)15-18(20-5-4-10-26-23(20)24)16-27-11-13-28(14-12-27)19-8-6-17(2)7-9-19/h4-10,15H,3,11-14,16H2,1-2H3. The molecule has 5 nitrogen and oxygen atoms in total. The Balaban J connectivity index is 1.51. The zero-order chi connectivity index (χ0) is 21.1. The molecule has 0 bridgehead atoms. The Morgan fingerprint density at radius 3 is 2.57 bits per heavy atom. The zero-order valence-electron chi connectivity index (χ0n) is 17.4. The highest BCUT2D eigenvalue weighted by molar-refractivity contribution is 9.10. The van der Waals surface area contributed by atoms with E-state index in [0.29, 0.717) is 12.2 Å². The van der Waals surface area contributed by atoms with Crippen molar-refractivity contribution in [3.8, 4) is 5.75 Å². The van der Waals surface area contributed by atoms with Gasteiger partial charge >= 0.3 is 5.97 Å². The molecular weight excluding hydrogens is 442 g/mol. The molecule has 0 amide bonds. The molecule has 0 spiro atoms. The average molecular weight is 468 g/mol. The van der Waals surface area contributed by atoms with Crippen LogP contribution in [0.1, 0.15) is 24.5 Å². The van der Waals surface area contributed by atoms with Gasteiger partial charge < -0.3 is 9.64 Å². The molecule has 156 valence electrons. The van der Waals surface area contributed by atoms with Gasteiger partial charge in [-0.15, -0.1) is 0 Å². The third-order valence-electron chi connectivity index (χ3n) is 5.56. The first-order valence-electron chi connectivity index (χ1n) is 10.4. The first-order valence-corrected chi connectivity index (χ1v) is 11.1. The minimum atomic E-state index is -0.261. The van der Waals surface area contributed by atoms with Gasteiger partial charge in [0.25, 0.3) is 0 Å². The minimum absolute atomic E-state index is 0.261. The number of hydrogen-bond acceptors (Lipinski definition) is 5. The van der Waals surface area contributed by atoms with Crippen LogP contribution in [0.15, 0.2) is 53.1 Å². The summed E-state index contributed by atoms with van der Waals surface area (Å²) in [5.41, 5.74) is 4.49. The number of halogens is 1. The Morgan fingerprint density at radius 1 is 1.13 bits per heavy atom. The van der Waals surface area contributed by atoms with Gasteiger partial charge in [0.15, 0.2) is 5.75 Å². The Hall–Kier alpha value is -2.44. The summed E-state index contributed by atoms with van der Waals surface area (Å²) in [6, 6.07) is 14.8. The van der Waals surface area contributed by atoms with Gasteiger partial charge in [0.2, 0.25) is 0 Å². The quantitative estimate of drug-likeness (QED) is 0.392. The van der Waals surface area contributed by atoms with Crippen LogP contribution in [0.25, 0.3) is 10.9 Å². The van der Waals surface area contributed by atoms with Crippen LogP contribution in [0, 0.1) is 6.92 Å². The van der Waals surface area contributed by atoms with Crippen LogP contribution < -0.4 is 9.64 Å². The highest BCUT2D eigenvalue weighted by Gasteiger charge is 2.20. The predicted molar refractivity (Wildman–Crippen MR) is 124 cm³/mol. The van der Waals surface area contributed by atoms with E-state index in [4.69, 9.17) is 4.74 Å². The van der Waals surface area contributed by atoms with Crippen molar-refractivity contribution in [2.24, 2.45) is 0 Å². The van der Waals surface area contributed by atoms with Gasteiger partial charge in [-0.05, 0) is 52.7 Å². The first-order chi connectivity index (χ1) is 14.5. The van der Waals surface area contributed by atoms with Gasteiger partial charge in [0.05, 0.1) is 4.47 Å². The maximum Gasteiger partial charge on any atom is 0.311 e. The molecule has 0 radical (unpaired) electrons.